The zero-order valence-corrected chi connectivity index (χ0v) is 11.1. The summed E-state index contributed by atoms with van der Waals surface area (Å²) in [5.74, 6) is 1.57. The maximum absolute atomic E-state index is 5.97. The van der Waals surface area contributed by atoms with Crippen molar-refractivity contribution in [1.29, 1.82) is 0 Å². The lowest BCUT2D eigenvalue weighted by atomic mass is 10.2. The van der Waals surface area contributed by atoms with Gasteiger partial charge in [-0.2, -0.15) is 0 Å². The molecule has 100 valence electrons. The third kappa shape index (κ3) is 3.31. The standard InChI is InChI=1S/C15H18N2O2/c1-3-19-13-6-4-5-11(9-13)17-15-8-7-12(18-2)10-14(15)16/h4-10,17H,3,16H2,1-2H3. The molecule has 0 saturated heterocycles. The van der Waals surface area contributed by atoms with Crippen molar-refractivity contribution in [3.05, 3.63) is 42.5 Å². The molecule has 0 spiro atoms. The third-order valence-corrected chi connectivity index (χ3v) is 2.68. The van der Waals surface area contributed by atoms with Crippen molar-refractivity contribution in [2.75, 3.05) is 24.8 Å². The van der Waals surface area contributed by atoms with E-state index in [-0.39, 0.29) is 0 Å². The second-order valence-corrected chi connectivity index (χ2v) is 4.04. The van der Waals surface area contributed by atoms with E-state index in [1.54, 1.807) is 13.2 Å². The fourth-order valence-electron chi connectivity index (χ4n) is 1.77. The number of nitrogens with two attached hydrogens (primary N) is 1. The predicted molar refractivity (Wildman–Crippen MR) is 78.3 cm³/mol. The van der Waals surface area contributed by atoms with Crippen LogP contribution in [0.1, 0.15) is 6.92 Å². The van der Waals surface area contributed by atoms with Crippen LogP contribution < -0.4 is 20.5 Å². The molecule has 2 rings (SSSR count). The lowest BCUT2D eigenvalue weighted by Gasteiger charge is -2.12. The Morgan fingerprint density at radius 1 is 1.11 bits per heavy atom. The summed E-state index contributed by atoms with van der Waals surface area (Å²) < 4.78 is 10.6. The fraction of sp³-hybridized carbons (Fsp3) is 0.200. The molecule has 0 aliphatic heterocycles. The molecular weight excluding hydrogens is 240 g/mol. The first-order chi connectivity index (χ1) is 9.22. The Balaban J connectivity index is 2.18. The number of hydrogen-bond donors (Lipinski definition) is 2. The molecule has 19 heavy (non-hydrogen) atoms. The van der Waals surface area contributed by atoms with Crippen molar-refractivity contribution in [1.82, 2.24) is 0 Å². The van der Waals surface area contributed by atoms with Crippen LogP contribution in [0.2, 0.25) is 0 Å². The Kier molecular flexibility index (Phi) is 4.13. The van der Waals surface area contributed by atoms with Crippen molar-refractivity contribution >= 4 is 17.1 Å². The van der Waals surface area contributed by atoms with Crippen LogP contribution in [0.15, 0.2) is 42.5 Å². The predicted octanol–water partition coefficient (Wildman–Crippen LogP) is 3.42. The van der Waals surface area contributed by atoms with Gasteiger partial charge in [-0.05, 0) is 31.2 Å². The molecule has 0 amide bonds. The highest BCUT2D eigenvalue weighted by atomic mass is 16.5. The molecule has 0 aliphatic carbocycles. The van der Waals surface area contributed by atoms with E-state index in [1.165, 1.54) is 0 Å². The van der Waals surface area contributed by atoms with Gasteiger partial charge >= 0.3 is 0 Å². The van der Waals surface area contributed by atoms with E-state index in [0.29, 0.717) is 12.3 Å². The summed E-state index contributed by atoms with van der Waals surface area (Å²) in [5, 5.41) is 3.26. The van der Waals surface area contributed by atoms with E-state index < -0.39 is 0 Å². The van der Waals surface area contributed by atoms with Gasteiger partial charge in [0.15, 0.2) is 0 Å². The van der Waals surface area contributed by atoms with Crippen LogP contribution in [-0.4, -0.2) is 13.7 Å². The topological polar surface area (TPSA) is 56.5 Å². The minimum absolute atomic E-state index is 0.640. The highest BCUT2D eigenvalue weighted by molar-refractivity contribution is 5.74. The smallest absolute Gasteiger partial charge is 0.121 e. The van der Waals surface area contributed by atoms with Gasteiger partial charge in [0, 0.05) is 17.8 Å². The van der Waals surface area contributed by atoms with Gasteiger partial charge in [-0.3, -0.25) is 0 Å². The van der Waals surface area contributed by atoms with Crippen molar-refractivity contribution in [2.24, 2.45) is 0 Å². The molecule has 0 bridgehead atoms. The van der Waals surface area contributed by atoms with Crippen molar-refractivity contribution in [3.63, 3.8) is 0 Å². The highest BCUT2D eigenvalue weighted by Gasteiger charge is 2.02. The molecule has 0 fully saturated rings. The maximum atomic E-state index is 5.97. The first kappa shape index (κ1) is 13.1. The first-order valence-corrected chi connectivity index (χ1v) is 6.16. The molecule has 3 N–H and O–H groups in total. The Hall–Kier alpha value is -2.36. The summed E-state index contributed by atoms with van der Waals surface area (Å²) in [7, 11) is 1.62. The average Bonchev–Trinajstić information content (AvgIpc) is 2.42. The van der Waals surface area contributed by atoms with Gasteiger partial charge in [0.1, 0.15) is 11.5 Å². The van der Waals surface area contributed by atoms with Crippen LogP contribution in [-0.2, 0) is 0 Å². The van der Waals surface area contributed by atoms with Gasteiger partial charge in [0.2, 0.25) is 0 Å². The molecule has 0 radical (unpaired) electrons. The first-order valence-electron chi connectivity index (χ1n) is 6.16. The van der Waals surface area contributed by atoms with E-state index in [0.717, 1.165) is 22.9 Å². The minimum atomic E-state index is 0.640. The summed E-state index contributed by atoms with van der Waals surface area (Å²) >= 11 is 0. The average molecular weight is 258 g/mol. The summed E-state index contributed by atoms with van der Waals surface area (Å²) in [4.78, 5) is 0. The molecule has 0 heterocycles. The largest absolute Gasteiger partial charge is 0.497 e. The van der Waals surface area contributed by atoms with E-state index in [1.807, 2.05) is 43.3 Å². The number of benzene rings is 2. The number of hydrogen-bond acceptors (Lipinski definition) is 4. The van der Waals surface area contributed by atoms with E-state index >= 15 is 0 Å². The monoisotopic (exact) mass is 258 g/mol. The number of ether oxygens (including phenoxy) is 2. The van der Waals surface area contributed by atoms with Crippen LogP contribution in [0.5, 0.6) is 11.5 Å². The summed E-state index contributed by atoms with van der Waals surface area (Å²) in [6.07, 6.45) is 0. The Bertz CT molecular complexity index is 556. The Morgan fingerprint density at radius 3 is 2.63 bits per heavy atom. The number of nitrogen functional groups attached to an aromatic ring is 1. The van der Waals surface area contributed by atoms with Crippen molar-refractivity contribution in [3.8, 4) is 11.5 Å². The Labute approximate surface area is 113 Å². The lowest BCUT2D eigenvalue weighted by molar-refractivity contribution is 0.340. The van der Waals surface area contributed by atoms with Crippen LogP contribution in [0.25, 0.3) is 0 Å². The lowest BCUT2D eigenvalue weighted by Crippen LogP contribution is -1.98. The molecule has 2 aromatic carbocycles. The zero-order valence-electron chi connectivity index (χ0n) is 11.1. The molecule has 4 heteroatoms. The van der Waals surface area contributed by atoms with Gasteiger partial charge in [0.25, 0.3) is 0 Å². The third-order valence-electron chi connectivity index (χ3n) is 2.68. The van der Waals surface area contributed by atoms with Gasteiger partial charge in [-0.25, -0.2) is 0 Å². The van der Waals surface area contributed by atoms with Gasteiger partial charge in [-0.15, -0.1) is 0 Å². The van der Waals surface area contributed by atoms with E-state index in [2.05, 4.69) is 5.32 Å². The number of anilines is 3. The number of methoxy groups -OCH3 is 1. The van der Waals surface area contributed by atoms with E-state index in [9.17, 15) is 0 Å². The Morgan fingerprint density at radius 2 is 1.95 bits per heavy atom. The van der Waals surface area contributed by atoms with Crippen LogP contribution in [0.4, 0.5) is 17.1 Å². The SMILES string of the molecule is CCOc1cccc(Nc2ccc(OC)cc2N)c1. The second-order valence-electron chi connectivity index (χ2n) is 4.04. The molecule has 2 aromatic rings. The molecule has 0 aliphatic rings. The second kappa shape index (κ2) is 6.00. The van der Waals surface area contributed by atoms with Crippen LogP contribution in [0.3, 0.4) is 0 Å². The quantitative estimate of drug-likeness (QED) is 0.807. The van der Waals surface area contributed by atoms with Gasteiger partial charge in [-0.1, -0.05) is 6.07 Å². The normalized spacial score (nSPS) is 10.0. The summed E-state index contributed by atoms with van der Waals surface area (Å²) in [6.45, 7) is 2.61. The van der Waals surface area contributed by atoms with Crippen LogP contribution >= 0.6 is 0 Å². The number of nitrogens with one attached hydrogen (secondary N) is 1. The maximum Gasteiger partial charge on any atom is 0.121 e. The van der Waals surface area contributed by atoms with Gasteiger partial charge < -0.3 is 20.5 Å². The zero-order chi connectivity index (χ0) is 13.7. The summed E-state index contributed by atoms with van der Waals surface area (Å²) in [6, 6.07) is 13.3. The molecular formula is C15H18N2O2. The molecule has 0 unspecified atom stereocenters. The van der Waals surface area contributed by atoms with Gasteiger partial charge in [0.05, 0.1) is 25.1 Å². The van der Waals surface area contributed by atoms with Crippen molar-refractivity contribution < 1.29 is 9.47 Å². The number of rotatable bonds is 5. The highest BCUT2D eigenvalue weighted by Crippen LogP contribution is 2.28. The summed E-state index contributed by atoms with van der Waals surface area (Å²) in [5.41, 5.74) is 8.38. The van der Waals surface area contributed by atoms with Crippen molar-refractivity contribution in [2.45, 2.75) is 6.92 Å². The van der Waals surface area contributed by atoms with Crippen LogP contribution in [0, 0.1) is 0 Å². The van der Waals surface area contributed by atoms with E-state index in [4.69, 9.17) is 15.2 Å². The molecule has 0 saturated carbocycles. The minimum Gasteiger partial charge on any atom is -0.497 e. The molecule has 4 nitrogen and oxygen atoms in total. The molecule has 0 atom stereocenters. The molecule has 0 aromatic heterocycles. The fourth-order valence-corrected chi connectivity index (χ4v) is 1.77.